The van der Waals surface area contributed by atoms with Crippen molar-refractivity contribution in [1.82, 2.24) is 0 Å². The molecule has 3 nitrogen and oxygen atoms in total. The number of carbonyl (C=O) groups excluding carboxylic acids is 1. The van der Waals surface area contributed by atoms with E-state index in [2.05, 4.69) is 10.7 Å². The van der Waals surface area contributed by atoms with Gasteiger partial charge in [0.1, 0.15) is 5.75 Å². The highest BCUT2D eigenvalue weighted by molar-refractivity contribution is 5.92. The predicted octanol–water partition coefficient (Wildman–Crippen LogP) is 2.06. The Morgan fingerprint density at radius 1 is 1.11 bits per heavy atom. The molecular formula is C11H6F5NO2. The fraction of sp³-hybridized carbons (Fsp3) is 0.182. The first-order valence-electron chi connectivity index (χ1n) is 4.67. The zero-order chi connectivity index (χ0) is 14.7. The van der Waals surface area contributed by atoms with Gasteiger partial charge < -0.3 is 10.5 Å². The maximum atomic E-state index is 12.5. The molecule has 0 aromatic heterocycles. The lowest BCUT2D eigenvalue weighted by Crippen LogP contribution is -2.41. The van der Waals surface area contributed by atoms with Crippen LogP contribution in [0.15, 0.2) is 24.3 Å². The van der Waals surface area contributed by atoms with E-state index in [1.165, 1.54) is 0 Å². The molecule has 2 N–H and O–H groups in total. The van der Waals surface area contributed by atoms with Gasteiger partial charge in [-0.25, -0.2) is 0 Å². The molecule has 0 aliphatic carbocycles. The molecular weight excluding hydrogens is 273 g/mol. The molecule has 102 valence electrons. The molecule has 0 radical (unpaired) electrons. The molecule has 19 heavy (non-hydrogen) atoms. The summed E-state index contributed by atoms with van der Waals surface area (Å²) in [6.07, 6.45) is -11.1. The number of halogens is 5. The minimum atomic E-state index is -5.81. The lowest BCUT2D eigenvalue weighted by molar-refractivity contribution is -0.360. The van der Waals surface area contributed by atoms with Crippen LogP contribution in [0.25, 0.3) is 0 Å². The van der Waals surface area contributed by atoms with Crippen molar-refractivity contribution in [3.63, 3.8) is 0 Å². The van der Waals surface area contributed by atoms with Crippen LogP contribution >= 0.6 is 0 Å². The number of hydrogen-bond acceptors (Lipinski definition) is 2. The molecule has 0 spiro atoms. The molecule has 0 saturated heterocycles. The van der Waals surface area contributed by atoms with Crippen LogP contribution in [0.2, 0.25) is 0 Å². The van der Waals surface area contributed by atoms with E-state index in [0.29, 0.717) is 0 Å². The lowest BCUT2D eigenvalue weighted by Gasteiger charge is -2.19. The van der Waals surface area contributed by atoms with Crippen LogP contribution in [0, 0.1) is 11.8 Å². The van der Waals surface area contributed by atoms with Crippen LogP contribution in [-0.4, -0.2) is 18.2 Å². The molecule has 0 bridgehead atoms. The molecule has 1 aromatic rings. The van der Waals surface area contributed by atoms with E-state index in [1.54, 1.807) is 0 Å². The topological polar surface area (TPSA) is 52.3 Å². The molecule has 0 aliphatic heterocycles. The zero-order valence-corrected chi connectivity index (χ0v) is 9.09. The number of primary amides is 1. The Morgan fingerprint density at radius 2 is 1.63 bits per heavy atom. The number of ether oxygens (including phenoxy) is 1. The van der Waals surface area contributed by atoms with E-state index in [9.17, 15) is 26.7 Å². The number of rotatable bonds is 2. The zero-order valence-electron chi connectivity index (χ0n) is 9.09. The van der Waals surface area contributed by atoms with Gasteiger partial charge in [-0.15, -0.1) is 0 Å². The van der Waals surface area contributed by atoms with E-state index >= 15 is 0 Å². The van der Waals surface area contributed by atoms with Gasteiger partial charge >= 0.3 is 12.3 Å². The van der Waals surface area contributed by atoms with Crippen molar-refractivity contribution in [3.05, 3.63) is 29.8 Å². The Kier molecular flexibility index (Phi) is 3.99. The number of benzene rings is 1. The second kappa shape index (κ2) is 5.14. The highest BCUT2D eigenvalue weighted by atomic mass is 19.4. The van der Waals surface area contributed by atoms with Crippen molar-refractivity contribution in [3.8, 4) is 17.6 Å². The molecule has 0 fully saturated rings. The fourth-order valence-corrected chi connectivity index (χ4v) is 0.946. The van der Waals surface area contributed by atoms with Crippen molar-refractivity contribution in [1.29, 1.82) is 0 Å². The molecule has 0 saturated carbocycles. The lowest BCUT2D eigenvalue weighted by atomic mass is 10.2. The van der Waals surface area contributed by atoms with Crippen LogP contribution in [0.3, 0.4) is 0 Å². The first kappa shape index (κ1) is 14.8. The van der Waals surface area contributed by atoms with Gasteiger partial charge in [-0.1, -0.05) is 5.92 Å². The van der Waals surface area contributed by atoms with Crippen LogP contribution < -0.4 is 10.5 Å². The van der Waals surface area contributed by atoms with Gasteiger partial charge in [0.15, 0.2) is 0 Å². The van der Waals surface area contributed by atoms with Gasteiger partial charge in [-0.3, -0.25) is 4.79 Å². The predicted molar refractivity (Wildman–Crippen MR) is 54.1 cm³/mol. The first-order chi connectivity index (χ1) is 8.62. The molecule has 0 atom stereocenters. The summed E-state index contributed by atoms with van der Waals surface area (Å²) in [4.78, 5) is 10.3. The van der Waals surface area contributed by atoms with Gasteiger partial charge in [0.25, 0.3) is 5.91 Å². The molecule has 1 aromatic carbocycles. The molecule has 8 heteroatoms. The summed E-state index contributed by atoms with van der Waals surface area (Å²) in [7, 11) is 0. The third-order valence-electron chi connectivity index (χ3n) is 1.76. The Balaban J connectivity index is 2.84. The summed E-state index contributed by atoms with van der Waals surface area (Å²) in [5, 5.41) is 0. The summed E-state index contributed by atoms with van der Waals surface area (Å²) in [6.45, 7) is 0. The van der Waals surface area contributed by atoms with Crippen molar-refractivity contribution >= 4 is 5.91 Å². The molecule has 1 rings (SSSR count). The number of alkyl halides is 5. The van der Waals surface area contributed by atoms with Gasteiger partial charge in [0.2, 0.25) is 0 Å². The summed E-state index contributed by atoms with van der Waals surface area (Å²) in [5.74, 6) is 2.66. The molecule has 0 heterocycles. The third-order valence-corrected chi connectivity index (χ3v) is 1.76. The molecule has 0 aliphatic rings. The number of hydrogen-bond donors (Lipinski definition) is 1. The summed E-state index contributed by atoms with van der Waals surface area (Å²) in [5.41, 5.74) is 4.95. The van der Waals surface area contributed by atoms with Crippen molar-refractivity contribution in [2.45, 2.75) is 12.3 Å². The van der Waals surface area contributed by atoms with E-state index in [4.69, 9.17) is 5.73 Å². The first-order valence-corrected chi connectivity index (χ1v) is 4.67. The van der Waals surface area contributed by atoms with Crippen molar-refractivity contribution in [2.75, 3.05) is 0 Å². The second-order valence-electron chi connectivity index (χ2n) is 3.26. The van der Waals surface area contributed by atoms with Crippen LogP contribution in [-0.2, 0) is 4.79 Å². The monoisotopic (exact) mass is 279 g/mol. The fourth-order valence-electron chi connectivity index (χ4n) is 0.946. The Bertz CT molecular complexity index is 525. The number of amides is 1. The minimum Gasteiger partial charge on any atom is -0.426 e. The van der Waals surface area contributed by atoms with E-state index < -0.39 is 23.9 Å². The maximum Gasteiger partial charge on any atom is 0.499 e. The molecule has 1 amide bonds. The average molecular weight is 279 g/mol. The van der Waals surface area contributed by atoms with Gasteiger partial charge in [0.05, 0.1) is 0 Å². The largest absolute Gasteiger partial charge is 0.499 e. The third kappa shape index (κ3) is 4.13. The van der Waals surface area contributed by atoms with E-state index in [-0.39, 0.29) is 5.56 Å². The van der Waals surface area contributed by atoms with E-state index in [1.807, 2.05) is 5.92 Å². The Labute approximate surface area is 104 Å². The minimum absolute atomic E-state index is 0.210. The van der Waals surface area contributed by atoms with Crippen molar-refractivity contribution < 1.29 is 31.5 Å². The SMILES string of the molecule is NC(=O)C#Cc1ccc(OC(F)(F)C(F)(F)F)cc1. The van der Waals surface area contributed by atoms with E-state index in [0.717, 1.165) is 24.3 Å². The van der Waals surface area contributed by atoms with Gasteiger partial charge in [0, 0.05) is 5.56 Å². The molecule has 0 unspecified atom stereocenters. The van der Waals surface area contributed by atoms with Gasteiger partial charge in [-0.2, -0.15) is 22.0 Å². The smallest absolute Gasteiger partial charge is 0.426 e. The number of nitrogens with two attached hydrogens (primary N) is 1. The summed E-state index contributed by atoms with van der Waals surface area (Å²) >= 11 is 0. The number of carbonyl (C=O) groups is 1. The van der Waals surface area contributed by atoms with Crippen LogP contribution in [0.5, 0.6) is 5.75 Å². The van der Waals surface area contributed by atoms with Crippen LogP contribution in [0.1, 0.15) is 5.56 Å². The second-order valence-corrected chi connectivity index (χ2v) is 3.26. The summed E-state index contributed by atoms with van der Waals surface area (Å²) < 4.78 is 64.2. The summed E-state index contributed by atoms with van der Waals surface area (Å²) in [6, 6.07) is 3.95. The normalized spacial score (nSPS) is 11.4. The Hall–Kier alpha value is -2.30. The maximum absolute atomic E-state index is 12.5. The standard InChI is InChI=1S/C11H6F5NO2/c12-10(13,14)11(15,16)19-8-4-1-7(2-5-8)3-6-9(17)18/h1-2,4-5H,(H2,17,18). The quantitative estimate of drug-likeness (QED) is 0.665. The van der Waals surface area contributed by atoms with Gasteiger partial charge in [-0.05, 0) is 30.2 Å². The Morgan fingerprint density at radius 3 is 2.05 bits per heavy atom. The highest BCUT2D eigenvalue weighted by Gasteiger charge is 2.61. The highest BCUT2D eigenvalue weighted by Crippen LogP contribution is 2.37. The van der Waals surface area contributed by atoms with Crippen molar-refractivity contribution in [2.24, 2.45) is 5.73 Å². The van der Waals surface area contributed by atoms with Crippen LogP contribution in [0.4, 0.5) is 22.0 Å². The average Bonchev–Trinajstić information content (AvgIpc) is 2.26.